The molecule has 2 atom stereocenters. The van der Waals surface area contributed by atoms with Crippen LogP contribution in [0.1, 0.15) is 36.8 Å². The summed E-state index contributed by atoms with van der Waals surface area (Å²) < 4.78 is 5.50. The van der Waals surface area contributed by atoms with Gasteiger partial charge in [-0.25, -0.2) is 4.79 Å². The monoisotopic (exact) mass is 318 g/mol. The van der Waals surface area contributed by atoms with Crippen molar-refractivity contribution >= 4 is 6.03 Å². The smallest absolute Gasteiger partial charge is 0.315 e. The summed E-state index contributed by atoms with van der Waals surface area (Å²) in [5.41, 5.74) is 2.49. The molecule has 1 heterocycles. The number of urea groups is 1. The van der Waals surface area contributed by atoms with Crippen LogP contribution in [0.2, 0.25) is 0 Å². The number of rotatable bonds is 5. The normalized spacial score (nSPS) is 23.0. The minimum absolute atomic E-state index is 0.103. The Bertz CT molecular complexity index is 547. The number of fused-ring (bicyclic) bond motifs is 1. The van der Waals surface area contributed by atoms with Crippen molar-refractivity contribution in [2.24, 2.45) is 5.92 Å². The third-order valence-corrected chi connectivity index (χ3v) is 4.91. The topological polar surface area (TPSA) is 70.6 Å². The summed E-state index contributed by atoms with van der Waals surface area (Å²) in [6.07, 6.45) is 6.02. The van der Waals surface area contributed by atoms with Crippen LogP contribution in [0.15, 0.2) is 18.2 Å². The predicted octanol–water partition coefficient (Wildman–Crippen LogP) is 2.01. The Kier molecular flexibility index (Phi) is 5.39. The minimum atomic E-state index is -0.125. The molecule has 126 valence electrons. The fourth-order valence-electron chi connectivity index (χ4n) is 3.55. The van der Waals surface area contributed by atoms with Gasteiger partial charge in [0.2, 0.25) is 0 Å². The van der Waals surface area contributed by atoms with Gasteiger partial charge in [-0.15, -0.1) is 0 Å². The fraction of sp³-hybridized carbons (Fsp3) is 0.611. The molecule has 1 fully saturated rings. The van der Waals surface area contributed by atoms with Crippen molar-refractivity contribution in [1.29, 1.82) is 0 Å². The van der Waals surface area contributed by atoms with E-state index in [-0.39, 0.29) is 24.6 Å². The van der Waals surface area contributed by atoms with E-state index in [1.807, 2.05) is 6.07 Å². The average molecular weight is 318 g/mol. The van der Waals surface area contributed by atoms with Gasteiger partial charge in [-0.2, -0.15) is 0 Å². The van der Waals surface area contributed by atoms with Gasteiger partial charge < -0.3 is 20.5 Å². The summed E-state index contributed by atoms with van der Waals surface area (Å²) in [5, 5.41) is 15.3. The lowest BCUT2D eigenvalue weighted by atomic mass is 9.85. The summed E-state index contributed by atoms with van der Waals surface area (Å²) >= 11 is 0. The maximum atomic E-state index is 12.0. The molecule has 0 saturated heterocycles. The van der Waals surface area contributed by atoms with Crippen LogP contribution in [-0.4, -0.2) is 36.9 Å². The number of carbonyl (C=O) groups excluding carboxylic acids is 1. The number of aliphatic hydroxyl groups is 1. The van der Waals surface area contributed by atoms with Gasteiger partial charge in [0.25, 0.3) is 0 Å². The number of ether oxygens (including phenoxy) is 1. The van der Waals surface area contributed by atoms with Crippen molar-refractivity contribution in [3.8, 4) is 5.75 Å². The average Bonchev–Trinajstić information content (AvgIpc) is 3.03. The Morgan fingerprint density at radius 1 is 1.30 bits per heavy atom. The lowest BCUT2D eigenvalue weighted by Gasteiger charge is -2.30. The molecule has 5 heteroatoms. The van der Waals surface area contributed by atoms with E-state index in [1.165, 1.54) is 11.1 Å². The standard InChI is InChI=1S/C18H26N2O3/c21-12-15-3-1-2-4-16(15)20-18(22)19-9-7-13-5-6-17-14(11-13)8-10-23-17/h5-6,11,15-16,21H,1-4,7-10,12H2,(H2,19,20,22)/t15-,16+/m1/s1. The van der Waals surface area contributed by atoms with Crippen LogP contribution in [0.4, 0.5) is 4.79 Å². The fourth-order valence-corrected chi connectivity index (χ4v) is 3.55. The Hall–Kier alpha value is -1.75. The highest BCUT2D eigenvalue weighted by molar-refractivity contribution is 5.74. The summed E-state index contributed by atoms with van der Waals surface area (Å²) in [6.45, 7) is 1.54. The van der Waals surface area contributed by atoms with E-state index in [0.717, 1.165) is 50.9 Å². The molecule has 5 nitrogen and oxygen atoms in total. The molecule has 0 spiro atoms. The van der Waals surface area contributed by atoms with Crippen LogP contribution < -0.4 is 15.4 Å². The lowest BCUT2D eigenvalue weighted by Crippen LogP contribution is -2.48. The number of amides is 2. The van der Waals surface area contributed by atoms with Crippen molar-refractivity contribution in [2.75, 3.05) is 19.8 Å². The first kappa shape index (κ1) is 16.1. The second-order valence-corrected chi connectivity index (χ2v) is 6.52. The molecule has 1 aliphatic heterocycles. The minimum Gasteiger partial charge on any atom is -0.493 e. The van der Waals surface area contributed by atoms with Gasteiger partial charge in [-0.3, -0.25) is 0 Å². The highest BCUT2D eigenvalue weighted by Gasteiger charge is 2.25. The van der Waals surface area contributed by atoms with E-state index < -0.39 is 0 Å². The molecule has 1 aromatic rings. The molecule has 1 aliphatic carbocycles. The van der Waals surface area contributed by atoms with Gasteiger partial charge in [-0.05, 0) is 36.5 Å². The summed E-state index contributed by atoms with van der Waals surface area (Å²) in [4.78, 5) is 12.0. The third-order valence-electron chi connectivity index (χ3n) is 4.91. The van der Waals surface area contributed by atoms with Crippen molar-refractivity contribution in [2.45, 2.75) is 44.6 Å². The molecule has 1 saturated carbocycles. The maximum absolute atomic E-state index is 12.0. The molecule has 0 bridgehead atoms. The van der Waals surface area contributed by atoms with Crippen LogP contribution in [-0.2, 0) is 12.8 Å². The van der Waals surface area contributed by atoms with Crippen LogP contribution in [0.3, 0.4) is 0 Å². The van der Waals surface area contributed by atoms with Crippen LogP contribution in [0.5, 0.6) is 5.75 Å². The summed E-state index contributed by atoms with van der Waals surface area (Å²) in [7, 11) is 0. The molecular formula is C18H26N2O3. The number of hydrogen-bond acceptors (Lipinski definition) is 3. The highest BCUT2D eigenvalue weighted by Crippen LogP contribution is 2.26. The molecule has 0 aromatic heterocycles. The van der Waals surface area contributed by atoms with E-state index in [2.05, 4.69) is 22.8 Å². The zero-order chi connectivity index (χ0) is 16.1. The molecule has 23 heavy (non-hydrogen) atoms. The van der Waals surface area contributed by atoms with E-state index in [4.69, 9.17) is 4.74 Å². The van der Waals surface area contributed by atoms with Gasteiger partial charge >= 0.3 is 6.03 Å². The summed E-state index contributed by atoms with van der Waals surface area (Å²) in [6, 6.07) is 6.23. The number of aliphatic hydroxyl groups excluding tert-OH is 1. The van der Waals surface area contributed by atoms with Crippen molar-refractivity contribution < 1.29 is 14.6 Å². The number of benzene rings is 1. The molecule has 0 unspecified atom stereocenters. The van der Waals surface area contributed by atoms with Crippen LogP contribution in [0, 0.1) is 5.92 Å². The van der Waals surface area contributed by atoms with E-state index in [0.29, 0.717) is 6.54 Å². The second kappa shape index (κ2) is 7.68. The molecule has 2 aliphatic rings. The van der Waals surface area contributed by atoms with E-state index >= 15 is 0 Å². The van der Waals surface area contributed by atoms with Gasteiger partial charge in [0, 0.05) is 31.5 Å². The van der Waals surface area contributed by atoms with Gasteiger partial charge in [0.05, 0.1) is 6.61 Å². The number of carbonyl (C=O) groups is 1. The van der Waals surface area contributed by atoms with Gasteiger partial charge in [0.15, 0.2) is 0 Å². The zero-order valence-electron chi connectivity index (χ0n) is 13.5. The first-order valence-corrected chi connectivity index (χ1v) is 8.66. The second-order valence-electron chi connectivity index (χ2n) is 6.52. The Balaban J connectivity index is 1.42. The number of nitrogens with one attached hydrogen (secondary N) is 2. The van der Waals surface area contributed by atoms with Gasteiger partial charge in [0.1, 0.15) is 5.75 Å². The Morgan fingerprint density at radius 2 is 2.17 bits per heavy atom. The Morgan fingerprint density at radius 3 is 3.04 bits per heavy atom. The molecule has 0 radical (unpaired) electrons. The van der Waals surface area contributed by atoms with E-state index in [9.17, 15) is 9.90 Å². The SMILES string of the molecule is O=C(NCCc1ccc2c(c1)CCO2)N[C@H]1CCCC[C@@H]1CO. The summed E-state index contributed by atoms with van der Waals surface area (Å²) in [5.74, 6) is 1.19. The molecule has 1 aromatic carbocycles. The van der Waals surface area contributed by atoms with Crippen LogP contribution in [0.25, 0.3) is 0 Å². The zero-order valence-corrected chi connectivity index (χ0v) is 13.5. The lowest BCUT2D eigenvalue weighted by molar-refractivity contribution is 0.154. The molecule has 2 amide bonds. The largest absolute Gasteiger partial charge is 0.493 e. The first-order chi connectivity index (χ1) is 11.3. The number of hydrogen-bond donors (Lipinski definition) is 3. The van der Waals surface area contributed by atoms with Gasteiger partial charge in [-0.1, -0.05) is 25.0 Å². The molecular weight excluding hydrogens is 292 g/mol. The first-order valence-electron chi connectivity index (χ1n) is 8.66. The predicted molar refractivity (Wildman–Crippen MR) is 88.7 cm³/mol. The third kappa shape index (κ3) is 4.16. The molecule has 3 rings (SSSR count). The van der Waals surface area contributed by atoms with E-state index in [1.54, 1.807) is 0 Å². The maximum Gasteiger partial charge on any atom is 0.315 e. The van der Waals surface area contributed by atoms with Crippen molar-refractivity contribution in [3.05, 3.63) is 29.3 Å². The van der Waals surface area contributed by atoms with Crippen molar-refractivity contribution in [3.63, 3.8) is 0 Å². The van der Waals surface area contributed by atoms with Crippen LogP contribution >= 0.6 is 0 Å². The highest BCUT2D eigenvalue weighted by atomic mass is 16.5. The Labute approximate surface area is 137 Å². The quantitative estimate of drug-likeness (QED) is 0.778. The van der Waals surface area contributed by atoms with Crippen molar-refractivity contribution in [1.82, 2.24) is 10.6 Å². The molecule has 3 N–H and O–H groups in total.